The summed E-state index contributed by atoms with van der Waals surface area (Å²) >= 11 is 0. The van der Waals surface area contributed by atoms with Crippen molar-refractivity contribution in [2.45, 2.75) is 32.9 Å². The van der Waals surface area contributed by atoms with Crippen molar-refractivity contribution in [3.63, 3.8) is 0 Å². The molecule has 2 N–H and O–H groups in total. The fourth-order valence-electron chi connectivity index (χ4n) is 1.44. The molecule has 1 aromatic rings. The van der Waals surface area contributed by atoms with Crippen LogP contribution in [0.5, 0.6) is 0 Å². The number of nitrogens with zero attached hydrogens (tertiary/aromatic N) is 2. The van der Waals surface area contributed by atoms with Crippen LogP contribution in [0.4, 0.5) is 19.0 Å². The molecule has 0 radical (unpaired) electrons. The van der Waals surface area contributed by atoms with E-state index in [1.54, 1.807) is 0 Å². The van der Waals surface area contributed by atoms with Crippen LogP contribution in [0.2, 0.25) is 0 Å². The van der Waals surface area contributed by atoms with Gasteiger partial charge in [-0.1, -0.05) is 6.92 Å². The molecular formula is C11H16F3N3O. The summed E-state index contributed by atoms with van der Waals surface area (Å²) in [5.74, 6) is 0.782. The van der Waals surface area contributed by atoms with Gasteiger partial charge in [0.1, 0.15) is 18.2 Å². The first kappa shape index (κ1) is 14.7. The van der Waals surface area contributed by atoms with E-state index >= 15 is 0 Å². The van der Waals surface area contributed by atoms with E-state index in [-0.39, 0.29) is 13.0 Å². The maximum absolute atomic E-state index is 11.8. The van der Waals surface area contributed by atoms with E-state index in [9.17, 15) is 13.2 Å². The van der Waals surface area contributed by atoms with E-state index in [1.165, 1.54) is 0 Å². The number of halogens is 3. The Morgan fingerprint density at radius 2 is 1.94 bits per heavy atom. The maximum atomic E-state index is 11.8. The molecule has 1 heterocycles. The predicted molar refractivity (Wildman–Crippen MR) is 61.1 cm³/mol. The fraction of sp³-hybridized carbons (Fsp3) is 0.636. The van der Waals surface area contributed by atoms with Crippen LogP contribution in [0, 0.1) is 6.92 Å². The molecule has 0 saturated carbocycles. The lowest BCUT2D eigenvalue weighted by Gasteiger charge is -2.09. The van der Waals surface area contributed by atoms with Crippen molar-refractivity contribution in [3.05, 3.63) is 17.1 Å². The third-order valence-electron chi connectivity index (χ3n) is 2.40. The van der Waals surface area contributed by atoms with Crippen molar-refractivity contribution in [1.29, 1.82) is 0 Å². The van der Waals surface area contributed by atoms with Gasteiger partial charge in [0, 0.05) is 17.7 Å². The number of anilines is 1. The highest BCUT2D eigenvalue weighted by molar-refractivity contribution is 5.41. The minimum absolute atomic E-state index is 0.0782. The van der Waals surface area contributed by atoms with Gasteiger partial charge in [0.2, 0.25) is 0 Å². The minimum Gasteiger partial charge on any atom is -0.383 e. The Labute approximate surface area is 103 Å². The van der Waals surface area contributed by atoms with Gasteiger partial charge in [-0.15, -0.1) is 0 Å². The van der Waals surface area contributed by atoms with Crippen LogP contribution >= 0.6 is 0 Å². The van der Waals surface area contributed by atoms with Gasteiger partial charge in [0.05, 0.1) is 6.61 Å². The van der Waals surface area contributed by atoms with Crippen LogP contribution in [-0.4, -0.2) is 29.4 Å². The first-order valence-electron chi connectivity index (χ1n) is 5.60. The molecule has 0 atom stereocenters. The van der Waals surface area contributed by atoms with Crippen LogP contribution < -0.4 is 5.73 Å². The first-order valence-corrected chi connectivity index (χ1v) is 5.60. The highest BCUT2D eigenvalue weighted by Crippen LogP contribution is 2.15. The Morgan fingerprint density at radius 3 is 2.50 bits per heavy atom. The third-order valence-corrected chi connectivity index (χ3v) is 2.40. The monoisotopic (exact) mass is 263 g/mol. The lowest BCUT2D eigenvalue weighted by molar-refractivity contribution is -0.173. The lowest BCUT2D eigenvalue weighted by atomic mass is 10.2. The van der Waals surface area contributed by atoms with Gasteiger partial charge >= 0.3 is 6.18 Å². The highest BCUT2D eigenvalue weighted by atomic mass is 19.4. The topological polar surface area (TPSA) is 61.0 Å². The lowest BCUT2D eigenvalue weighted by Crippen LogP contribution is -2.18. The summed E-state index contributed by atoms with van der Waals surface area (Å²) in [6, 6.07) is 0. The molecule has 0 amide bonds. The second-order valence-corrected chi connectivity index (χ2v) is 3.87. The second kappa shape index (κ2) is 5.99. The van der Waals surface area contributed by atoms with Crippen LogP contribution in [0.3, 0.4) is 0 Å². The summed E-state index contributed by atoms with van der Waals surface area (Å²) < 4.78 is 40.0. The van der Waals surface area contributed by atoms with Gasteiger partial charge in [-0.2, -0.15) is 13.2 Å². The van der Waals surface area contributed by atoms with Gasteiger partial charge in [-0.25, -0.2) is 9.97 Å². The Hall–Kier alpha value is -1.37. The normalized spacial score (nSPS) is 11.8. The highest BCUT2D eigenvalue weighted by Gasteiger charge is 2.27. The van der Waals surface area contributed by atoms with Crippen LogP contribution in [0.25, 0.3) is 0 Å². The molecule has 102 valence electrons. The Kier molecular flexibility index (Phi) is 4.89. The summed E-state index contributed by atoms with van der Waals surface area (Å²) in [6.45, 7) is 2.41. The molecule has 0 aliphatic carbocycles. The molecule has 18 heavy (non-hydrogen) atoms. The molecule has 0 fully saturated rings. The molecule has 0 aromatic carbocycles. The van der Waals surface area contributed by atoms with E-state index < -0.39 is 12.8 Å². The number of hydrogen-bond donors (Lipinski definition) is 1. The summed E-state index contributed by atoms with van der Waals surface area (Å²) in [4.78, 5) is 8.25. The quantitative estimate of drug-likeness (QED) is 0.826. The predicted octanol–water partition coefficient (Wildman–Crippen LogP) is 2.05. The minimum atomic E-state index is -4.30. The largest absolute Gasteiger partial charge is 0.411 e. The van der Waals surface area contributed by atoms with E-state index in [2.05, 4.69) is 14.7 Å². The zero-order valence-electron chi connectivity index (χ0n) is 10.3. The van der Waals surface area contributed by atoms with Gasteiger partial charge in [0.25, 0.3) is 0 Å². The standard InChI is InChI=1S/C11H16F3N3O/c1-3-8-7(2)10(15)17-9(16-8)4-5-18-6-11(12,13)14/h3-6H2,1-2H3,(H2,15,16,17). The average molecular weight is 263 g/mol. The Balaban J connectivity index is 2.55. The molecule has 1 rings (SSSR count). The maximum Gasteiger partial charge on any atom is 0.411 e. The number of aryl methyl sites for hydroxylation is 1. The van der Waals surface area contributed by atoms with Crippen molar-refractivity contribution < 1.29 is 17.9 Å². The number of rotatable bonds is 5. The molecule has 7 heteroatoms. The SMILES string of the molecule is CCc1nc(CCOCC(F)(F)F)nc(N)c1C. The van der Waals surface area contributed by atoms with Crippen molar-refractivity contribution >= 4 is 5.82 Å². The smallest absolute Gasteiger partial charge is 0.383 e. The number of hydrogen-bond acceptors (Lipinski definition) is 4. The molecular weight excluding hydrogens is 247 g/mol. The van der Waals surface area contributed by atoms with Gasteiger partial charge in [-0.3, -0.25) is 0 Å². The second-order valence-electron chi connectivity index (χ2n) is 3.87. The zero-order chi connectivity index (χ0) is 13.8. The van der Waals surface area contributed by atoms with Crippen molar-refractivity contribution in [3.8, 4) is 0 Å². The molecule has 0 unspecified atom stereocenters. The summed E-state index contributed by atoms with van der Waals surface area (Å²) in [6.07, 6.45) is -3.38. The number of ether oxygens (including phenoxy) is 1. The Bertz CT molecular complexity index is 407. The van der Waals surface area contributed by atoms with E-state index in [0.717, 1.165) is 11.3 Å². The number of aromatic nitrogens is 2. The van der Waals surface area contributed by atoms with Gasteiger partial charge in [0.15, 0.2) is 0 Å². The van der Waals surface area contributed by atoms with Crippen LogP contribution in [0.1, 0.15) is 24.0 Å². The molecule has 0 aliphatic heterocycles. The molecule has 0 spiro atoms. The fourth-order valence-corrected chi connectivity index (χ4v) is 1.44. The third kappa shape index (κ3) is 4.48. The summed E-state index contributed by atoms with van der Waals surface area (Å²) in [7, 11) is 0. The van der Waals surface area contributed by atoms with Gasteiger partial charge in [-0.05, 0) is 13.3 Å². The number of nitrogens with two attached hydrogens (primary N) is 1. The molecule has 1 aromatic heterocycles. The van der Waals surface area contributed by atoms with Crippen molar-refractivity contribution in [1.82, 2.24) is 9.97 Å². The Morgan fingerprint density at radius 1 is 1.28 bits per heavy atom. The van der Waals surface area contributed by atoms with Crippen molar-refractivity contribution in [2.75, 3.05) is 18.9 Å². The van der Waals surface area contributed by atoms with Crippen LogP contribution in [-0.2, 0) is 17.6 Å². The summed E-state index contributed by atoms with van der Waals surface area (Å²) in [5, 5.41) is 0. The van der Waals surface area contributed by atoms with E-state index in [4.69, 9.17) is 5.73 Å². The molecule has 4 nitrogen and oxygen atoms in total. The number of alkyl halides is 3. The molecule has 0 bridgehead atoms. The molecule has 0 aliphatic rings. The van der Waals surface area contributed by atoms with Crippen molar-refractivity contribution in [2.24, 2.45) is 0 Å². The van der Waals surface area contributed by atoms with E-state index in [1.807, 2.05) is 13.8 Å². The van der Waals surface area contributed by atoms with Crippen LogP contribution in [0.15, 0.2) is 0 Å². The van der Waals surface area contributed by atoms with E-state index in [0.29, 0.717) is 18.1 Å². The van der Waals surface area contributed by atoms with Gasteiger partial charge < -0.3 is 10.5 Å². The summed E-state index contributed by atoms with van der Waals surface area (Å²) in [5.41, 5.74) is 7.33. The first-order chi connectivity index (χ1) is 8.33. The molecule has 0 saturated heterocycles. The zero-order valence-corrected chi connectivity index (χ0v) is 10.3. The average Bonchev–Trinajstić information content (AvgIpc) is 2.27. The number of nitrogen functional groups attached to an aromatic ring is 1.